The Labute approximate surface area is 144 Å². The number of fused-ring (bicyclic) bond motifs is 2. The molecule has 0 aliphatic carbocycles. The molecule has 1 N–H and O–H groups in total. The zero-order valence-electron chi connectivity index (χ0n) is 14.1. The van der Waals surface area contributed by atoms with Crippen LogP contribution in [0.3, 0.4) is 0 Å². The van der Waals surface area contributed by atoms with E-state index in [4.69, 9.17) is 4.74 Å². The van der Waals surface area contributed by atoms with Gasteiger partial charge < -0.3 is 9.72 Å². The number of aromatic nitrogens is 1. The lowest BCUT2D eigenvalue weighted by molar-refractivity contribution is 0.161. The van der Waals surface area contributed by atoms with Gasteiger partial charge in [-0.05, 0) is 61.1 Å². The molecule has 3 nitrogen and oxygen atoms in total. The van der Waals surface area contributed by atoms with Crippen LogP contribution in [0, 0.1) is 0 Å². The number of benzene rings is 1. The molecule has 0 bridgehead atoms. The lowest BCUT2D eigenvalue weighted by Gasteiger charge is -2.29. The number of nitrogens with one attached hydrogen (secondary N) is 1. The lowest BCUT2D eigenvalue weighted by atomic mass is 9.92. The van der Waals surface area contributed by atoms with Gasteiger partial charge in [0.25, 0.3) is 0 Å². The fraction of sp³-hybridized carbons (Fsp3) is 0.429. The number of ether oxygens (including phenoxy) is 1. The molecule has 0 spiro atoms. The maximum atomic E-state index is 5.46. The van der Waals surface area contributed by atoms with E-state index in [0.717, 1.165) is 32.2 Å². The summed E-state index contributed by atoms with van der Waals surface area (Å²) in [7, 11) is 0. The first-order chi connectivity index (χ1) is 11.9. The molecular formula is C21H26N2O. The first-order valence-corrected chi connectivity index (χ1v) is 9.20. The minimum Gasteiger partial charge on any atom is -0.377 e. The highest BCUT2D eigenvalue weighted by molar-refractivity contribution is 5.95. The Hall–Kier alpha value is -1.84. The van der Waals surface area contributed by atoms with E-state index in [0.29, 0.717) is 0 Å². The summed E-state index contributed by atoms with van der Waals surface area (Å²) in [6, 6.07) is 7.61. The zero-order valence-corrected chi connectivity index (χ0v) is 14.1. The van der Waals surface area contributed by atoms with Crippen LogP contribution in [-0.2, 0) is 4.74 Å². The lowest BCUT2D eigenvalue weighted by Crippen LogP contribution is -2.32. The van der Waals surface area contributed by atoms with Crippen LogP contribution < -0.4 is 0 Å². The van der Waals surface area contributed by atoms with Crippen LogP contribution in [0.25, 0.3) is 22.0 Å². The highest BCUT2D eigenvalue weighted by Crippen LogP contribution is 2.36. The van der Waals surface area contributed by atoms with Gasteiger partial charge in [0.1, 0.15) is 0 Å². The minimum atomic E-state index is 0. The van der Waals surface area contributed by atoms with E-state index in [1.165, 1.54) is 59.0 Å². The molecule has 1 unspecified atom stereocenters. The van der Waals surface area contributed by atoms with Crippen molar-refractivity contribution in [2.75, 3.05) is 26.3 Å². The molecule has 0 saturated carbocycles. The van der Waals surface area contributed by atoms with Gasteiger partial charge in [-0.3, -0.25) is 4.90 Å². The van der Waals surface area contributed by atoms with Crippen molar-refractivity contribution in [3.8, 4) is 0 Å². The molecule has 1 aromatic heterocycles. The number of hydrogen-bond acceptors (Lipinski definition) is 2. The summed E-state index contributed by atoms with van der Waals surface area (Å²) in [5, 5.41) is 1.37. The molecule has 1 saturated heterocycles. The second-order valence-corrected chi connectivity index (χ2v) is 7.24. The van der Waals surface area contributed by atoms with Gasteiger partial charge in [0.2, 0.25) is 0 Å². The monoisotopic (exact) mass is 322 g/mol. The van der Waals surface area contributed by atoms with Gasteiger partial charge in [-0.25, -0.2) is 0 Å². The Morgan fingerprint density at radius 3 is 3.12 bits per heavy atom. The Morgan fingerprint density at radius 1 is 1.21 bits per heavy atom. The largest absolute Gasteiger partial charge is 0.377 e. The number of H-pyrrole nitrogens is 1. The minimum absolute atomic E-state index is 0. The van der Waals surface area contributed by atoms with Crippen molar-refractivity contribution in [2.45, 2.75) is 31.7 Å². The van der Waals surface area contributed by atoms with Crippen LogP contribution in [0.5, 0.6) is 0 Å². The maximum Gasteiger partial charge on any atom is 0.0653 e. The highest BCUT2D eigenvalue weighted by atomic mass is 16.5. The van der Waals surface area contributed by atoms with E-state index < -0.39 is 0 Å². The van der Waals surface area contributed by atoms with E-state index in [2.05, 4.69) is 46.4 Å². The molecule has 3 aliphatic heterocycles. The molecule has 3 heteroatoms. The average Bonchev–Trinajstić information content (AvgIpc) is 3.27. The van der Waals surface area contributed by atoms with Crippen molar-refractivity contribution in [1.82, 2.24) is 9.88 Å². The SMILES string of the molecule is C1=C(c2ccc3[nH]cc(C4=CCN5CCCC5C4)c3c2)CCOC1.[HH]. The quantitative estimate of drug-likeness (QED) is 0.883. The van der Waals surface area contributed by atoms with Crippen molar-refractivity contribution >= 4 is 22.0 Å². The van der Waals surface area contributed by atoms with Gasteiger partial charge >= 0.3 is 0 Å². The third-order valence-electron chi connectivity index (χ3n) is 5.89. The van der Waals surface area contributed by atoms with Crippen LogP contribution in [0.4, 0.5) is 0 Å². The van der Waals surface area contributed by atoms with E-state index >= 15 is 0 Å². The molecular weight excluding hydrogens is 296 g/mol. The second kappa shape index (κ2) is 5.91. The van der Waals surface area contributed by atoms with Crippen molar-refractivity contribution in [3.63, 3.8) is 0 Å². The second-order valence-electron chi connectivity index (χ2n) is 7.24. The maximum absolute atomic E-state index is 5.46. The summed E-state index contributed by atoms with van der Waals surface area (Å²) in [6.45, 7) is 3.99. The number of rotatable bonds is 2. The van der Waals surface area contributed by atoms with Crippen molar-refractivity contribution in [1.29, 1.82) is 0 Å². The zero-order chi connectivity index (χ0) is 15.9. The summed E-state index contributed by atoms with van der Waals surface area (Å²) < 4.78 is 5.46. The molecule has 5 rings (SSSR count). The molecule has 1 fully saturated rings. The number of aromatic amines is 1. The summed E-state index contributed by atoms with van der Waals surface area (Å²) in [5.74, 6) is 0. The van der Waals surface area contributed by atoms with Crippen LogP contribution >= 0.6 is 0 Å². The standard InChI is InChI=1S/C21H24N2O.H2/c1-2-18-12-17(5-9-23(18)8-1)20-14-22-21-4-3-16(13-19(20)21)15-6-10-24-11-7-15;/h3-6,13-14,18,22H,1-2,7-12H2;1H. The van der Waals surface area contributed by atoms with E-state index in [1.807, 2.05) is 0 Å². The molecule has 1 atom stereocenters. The van der Waals surface area contributed by atoms with Gasteiger partial charge in [-0.2, -0.15) is 0 Å². The molecule has 24 heavy (non-hydrogen) atoms. The molecule has 4 heterocycles. The molecule has 126 valence electrons. The third-order valence-corrected chi connectivity index (χ3v) is 5.89. The van der Waals surface area contributed by atoms with Crippen LogP contribution in [-0.4, -0.2) is 42.2 Å². The smallest absolute Gasteiger partial charge is 0.0653 e. The predicted molar refractivity (Wildman–Crippen MR) is 101 cm³/mol. The van der Waals surface area contributed by atoms with Crippen molar-refractivity contribution in [3.05, 3.63) is 47.7 Å². The van der Waals surface area contributed by atoms with Crippen LogP contribution in [0.15, 0.2) is 36.5 Å². The summed E-state index contributed by atoms with van der Waals surface area (Å²) in [4.78, 5) is 6.11. The average molecular weight is 322 g/mol. The van der Waals surface area contributed by atoms with Crippen LogP contribution in [0.1, 0.15) is 38.2 Å². The molecule has 0 amide bonds. The fourth-order valence-electron chi connectivity index (χ4n) is 4.53. The van der Waals surface area contributed by atoms with Gasteiger partial charge in [-0.15, -0.1) is 0 Å². The third kappa shape index (κ3) is 2.43. The van der Waals surface area contributed by atoms with Crippen molar-refractivity contribution < 1.29 is 6.16 Å². The summed E-state index contributed by atoms with van der Waals surface area (Å²) in [5.41, 5.74) is 6.96. The number of hydrogen-bond donors (Lipinski definition) is 1. The Morgan fingerprint density at radius 2 is 2.21 bits per heavy atom. The summed E-state index contributed by atoms with van der Waals surface area (Å²) >= 11 is 0. The van der Waals surface area contributed by atoms with E-state index in [9.17, 15) is 0 Å². The Bertz CT molecular complexity index is 836. The van der Waals surface area contributed by atoms with Gasteiger partial charge in [-0.1, -0.05) is 18.2 Å². The predicted octanol–water partition coefficient (Wildman–Crippen LogP) is 4.47. The first kappa shape index (κ1) is 14.5. The molecule has 0 radical (unpaired) electrons. The Balaban J connectivity index is 0.00000157. The van der Waals surface area contributed by atoms with Crippen molar-refractivity contribution in [2.24, 2.45) is 0 Å². The number of nitrogens with zero attached hydrogens (tertiary/aromatic N) is 1. The molecule has 1 aromatic carbocycles. The van der Waals surface area contributed by atoms with E-state index in [-0.39, 0.29) is 1.43 Å². The first-order valence-electron chi connectivity index (χ1n) is 9.20. The molecule has 3 aliphatic rings. The van der Waals surface area contributed by atoms with E-state index in [1.54, 1.807) is 0 Å². The summed E-state index contributed by atoms with van der Waals surface area (Å²) in [6.07, 6.45) is 11.8. The molecule has 2 aromatic rings. The topological polar surface area (TPSA) is 28.3 Å². The fourth-order valence-corrected chi connectivity index (χ4v) is 4.53. The van der Waals surface area contributed by atoms with Gasteiger partial charge in [0.05, 0.1) is 13.2 Å². The Kier molecular flexibility index (Phi) is 3.57. The van der Waals surface area contributed by atoms with Gasteiger partial charge in [0, 0.05) is 36.7 Å². The van der Waals surface area contributed by atoms with Crippen LogP contribution in [0.2, 0.25) is 0 Å². The van der Waals surface area contributed by atoms with Gasteiger partial charge in [0.15, 0.2) is 0 Å². The normalized spacial score (nSPS) is 24.8. The highest BCUT2D eigenvalue weighted by Gasteiger charge is 2.28.